The van der Waals surface area contributed by atoms with Crippen LogP contribution in [0.5, 0.6) is 0 Å². The molecule has 4 atom stereocenters. The Labute approximate surface area is 175 Å². The van der Waals surface area contributed by atoms with Crippen LogP contribution in [-0.4, -0.2) is 54.4 Å². The van der Waals surface area contributed by atoms with E-state index in [-0.39, 0.29) is 19.6 Å². The lowest BCUT2D eigenvalue weighted by Crippen LogP contribution is -2.43. The molecule has 2 aromatic heterocycles. The number of rotatable bonds is 6. The summed E-state index contributed by atoms with van der Waals surface area (Å²) in [6, 6.07) is 10.9. The minimum absolute atomic E-state index is 0.0263. The van der Waals surface area contributed by atoms with Crippen LogP contribution in [0.4, 0.5) is 0 Å². The Morgan fingerprint density at radius 2 is 1.87 bits per heavy atom. The molecule has 0 radical (unpaired) electrons. The van der Waals surface area contributed by atoms with Crippen LogP contribution >= 0.6 is 11.3 Å². The molecule has 1 aliphatic heterocycles. The van der Waals surface area contributed by atoms with Crippen molar-refractivity contribution >= 4 is 11.3 Å². The second-order valence-corrected chi connectivity index (χ2v) is 8.09. The normalized spacial score (nSPS) is 23.7. The van der Waals surface area contributed by atoms with E-state index in [4.69, 9.17) is 9.84 Å². The van der Waals surface area contributed by atoms with Crippen molar-refractivity contribution in [2.45, 2.75) is 37.5 Å². The molecule has 158 valence electrons. The van der Waals surface area contributed by atoms with Gasteiger partial charge in [0.15, 0.2) is 6.23 Å². The first kappa shape index (κ1) is 20.6. The van der Waals surface area contributed by atoms with Crippen LogP contribution in [0.1, 0.15) is 17.7 Å². The molecule has 3 aromatic rings. The van der Waals surface area contributed by atoms with Gasteiger partial charge >= 0.3 is 5.69 Å². The molecule has 1 saturated heterocycles. The second kappa shape index (κ2) is 8.62. The lowest BCUT2D eigenvalue weighted by Gasteiger charge is -2.18. The summed E-state index contributed by atoms with van der Waals surface area (Å²) in [4.78, 5) is 30.5. The predicted molar refractivity (Wildman–Crippen MR) is 109 cm³/mol. The molecule has 10 heteroatoms. The van der Waals surface area contributed by atoms with E-state index in [0.29, 0.717) is 5.01 Å². The third kappa shape index (κ3) is 3.87. The SMILES string of the molecule is O=c1ccn(C2OC(CCO)C(O)C2O)c(=O)n1Cc1ncc(-c2ccccc2)s1. The zero-order valence-corrected chi connectivity index (χ0v) is 16.7. The van der Waals surface area contributed by atoms with E-state index in [2.05, 4.69) is 4.98 Å². The van der Waals surface area contributed by atoms with Crippen LogP contribution in [0, 0.1) is 0 Å². The lowest BCUT2D eigenvalue weighted by atomic mass is 10.1. The Balaban J connectivity index is 1.62. The molecule has 1 aliphatic rings. The van der Waals surface area contributed by atoms with E-state index in [9.17, 15) is 19.8 Å². The van der Waals surface area contributed by atoms with Gasteiger partial charge in [-0.3, -0.25) is 13.9 Å². The van der Waals surface area contributed by atoms with Crippen LogP contribution in [0.2, 0.25) is 0 Å². The molecule has 9 nitrogen and oxygen atoms in total. The highest BCUT2D eigenvalue weighted by atomic mass is 32.1. The summed E-state index contributed by atoms with van der Waals surface area (Å²) in [5, 5.41) is 30.1. The van der Waals surface area contributed by atoms with Crippen LogP contribution in [0.15, 0.2) is 58.4 Å². The molecular weight excluding hydrogens is 410 g/mol. The molecule has 0 spiro atoms. The van der Waals surface area contributed by atoms with Crippen molar-refractivity contribution in [1.82, 2.24) is 14.1 Å². The fourth-order valence-electron chi connectivity index (χ4n) is 3.45. The molecule has 0 aliphatic carbocycles. The summed E-state index contributed by atoms with van der Waals surface area (Å²) in [6.07, 6.45) is -1.54. The lowest BCUT2D eigenvalue weighted by molar-refractivity contribution is -0.0458. The van der Waals surface area contributed by atoms with Crippen LogP contribution in [0.3, 0.4) is 0 Å². The van der Waals surface area contributed by atoms with E-state index in [1.807, 2.05) is 30.3 Å². The van der Waals surface area contributed by atoms with Gasteiger partial charge in [-0.25, -0.2) is 9.78 Å². The standard InChI is InChI=1S/C20H21N3O6S/c24-9-7-13-17(26)18(27)19(29-13)22-8-6-16(25)23(20(22)28)11-15-21-10-14(30-15)12-4-2-1-3-5-12/h1-6,8,10,13,17-19,24,26-27H,7,9,11H2. The number of aliphatic hydroxyl groups is 3. The van der Waals surface area contributed by atoms with Gasteiger partial charge in [-0.05, 0) is 12.0 Å². The number of hydrogen-bond donors (Lipinski definition) is 3. The van der Waals surface area contributed by atoms with Gasteiger partial charge in [-0.1, -0.05) is 30.3 Å². The third-order valence-corrected chi connectivity index (χ3v) is 6.06. The Morgan fingerprint density at radius 1 is 1.10 bits per heavy atom. The fraction of sp³-hybridized carbons (Fsp3) is 0.350. The number of aromatic nitrogens is 3. The van der Waals surface area contributed by atoms with E-state index >= 15 is 0 Å². The molecular formula is C20H21N3O6S. The number of aliphatic hydroxyl groups excluding tert-OH is 3. The van der Waals surface area contributed by atoms with Crippen molar-refractivity contribution < 1.29 is 20.1 Å². The van der Waals surface area contributed by atoms with Crippen molar-refractivity contribution in [3.63, 3.8) is 0 Å². The van der Waals surface area contributed by atoms with Crippen molar-refractivity contribution in [3.8, 4) is 10.4 Å². The average molecular weight is 431 g/mol. The largest absolute Gasteiger partial charge is 0.396 e. The second-order valence-electron chi connectivity index (χ2n) is 6.97. The molecule has 4 unspecified atom stereocenters. The Morgan fingerprint density at radius 3 is 2.60 bits per heavy atom. The highest BCUT2D eigenvalue weighted by molar-refractivity contribution is 7.15. The minimum Gasteiger partial charge on any atom is -0.396 e. The Hall–Kier alpha value is -2.63. The van der Waals surface area contributed by atoms with E-state index in [0.717, 1.165) is 19.6 Å². The minimum atomic E-state index is -1.37. The van der Waals surface area contributed by atoms with Gasteiger partial charge < -0.3 is 20.1 Å². The highest BCUT2D eigenvalue weighted by Crippen LogP contribution is 2.30. The molecule has 0 amide bonds. The number of nitrogens with zero attached hydrogens (tertiary/aromatic N) is 3. The zero-order chi connectivity index (χ0) is 21.3. The molecule has 30 heavy (non-hydrogen) atoms. The van der Waals surface area contributed by atoms with Gasteiger partial charge in [0.25, 0.3) is 5.56 Å². The molecule has 0 bridgehead atoms. The van der Waals surface area contributed by atoms with Crippen LogP contribution < -0.4 is 11.2 Å². The van der Waals surface area contributed by atoms with Gasteiger partial charge in [-0.15, -0.1) is 11.3 Å². The van der Waals surface area contributed by atoms with Crippen molar-refractivity contribution in [2.24, 2.45) is 0 Å². The first-order chi connectivity index (χ1) is 14.5. The molecule has 1 fully saturated rings. The molecule has 3 N–H and O–H groups in total. The van der Waals surface area contributed by atoms with E-state index in [1.165, 1.54) is 23.6 Å². The third-order valence-electron chi connectivity index (χ3n) is 5.03. The summed E-state index contributed by atoms with van der Waals surface area (Å²) < 4.78 is 7.67. The fourth-order valence-corrected chi connectivity index (χ4v) is 4.36. The maximum Gasteiger partial charge on any atom is 0.333 e. The number of ether oxygens (including phenoxy) is 1. The number of hydrogen-bond acceptors (Lipinski definition) is 8. The molecule has 1 aromatic carbocycles. The Bertz CT molecular complexity index is 1130. The highest BCUT2D eigenvalue weighted by Gasteiger charge is 2.43. The van der Waals surface area contributed by atoms with E-state index in [1.54, 1.807) is 6.20 Å². The van der Waals surface area contributed by atoms with Crippen LogP contribution in [0.25, 0.3) is 10.4 Å². The number of benzene rings is 1. The first-order valence-corrected chi connectivity index (χ1v) is 10.3. The summed E-state index contributed by atoms with van der Waals surface area (Å²) in [5.41, 5.74) is -0.196. The van der Waals surface area contributed by atoms with Gasteiger partial charge in [0.05, 0.1) is 17.5 Å². The van der Waals surface area contributed by atoms with Crippen molar-refractivity contribution in [1.29, 1.82) is 0 Å². The summed E-state index contributed by atoms with van der Waals surface area (Å²) >= 11 is 1.38. The quantitative estimate of drug-likeness (QED) is 0.508. The topological polar surface area (TPSA) is 127 Å². The van der Waals surface area contributed by atoms with Gasteiger partial charge in [-0.2, -0.15) is 0 Å². The molecule has 3 heterocycles. The first-order valence-electron chi connectivity index (χ1n) is 9.44. The maximum atomic E-state index is 13.0. The summed E-state index contributed by atoms with van der Waals surface area (Å²) in [7, 11) is 0. The predicted octanol–water partition coefficient (Wildman–Crippen LogP) is 0.183. The molecule has 0 saturated carbocycles. The maximum absolute atomic E-state index is 13.0. The summed E-state index contributed by atoms with van der Waals surface area (Å²) in [5.74, 6) is 0. The van der Waals surface area contributed by atoms with Crippen LogP contribution in [-0.2, 0) is 11.3 Å². The number of thiazole rings is 1. The molecule has 4 rings (SSSR count). The monoisotopic (exact) mass is 431 g/mol. The summed E-state index contributed by atoms with van der Waals surface area (Å²) in [6.45, 7) is -0.259. The van der Waals surface area contributed by atoms with E-state index < -0.39 is 35.8 Å². The Kier molecular flexibility index (Phi) is 5.93. The average Bonchev–Trinajstić information content (AvgIpc) is 3.33. The van der Waals surface area contributed by atoms with Gasteiger partial charge in [0.1, 0.15) is 17.2 Å². The smallest absolute Gasteiger partial charge is 0.333 e. The van der Waals surface area contributed by atoms with Crippen molar-refractivity contribution in [2.75, 3.05) is 6.61 Å². The van der Waals surface area contributed by atoms with Crippen molar-refractivity contribution in [3.05, 3.63) is 74.6 Å². The van der Waals surface area contributed by atoms with Gasteiger partial charge in [0, 0.05) is 25.1 Å². The van der Waals surface area contributed by atoms with Gasteiger partial charge in [0.2, 0.25) is 0 Å². The zero-order valence-electron chi connectivity index (χ0n) is 15.9.